The lowest BCUT2D eigenvalue weighted by molar-refractivity contribution is 0.194. The molecule has 0 unspecified atom stereocenters. The quantitative estimate of drug-likeness (QED) is 0.916. The predicted molar refractivity (Wildman–Crippen MR) is 79.1 cm³/mol. The van der Waals surface area contributed by atoms with E-state index >= 15 is 0 Å². The number of nitrogens with zero attached hydrogens (tertiary/aromatic N) is 1. The van der Waals surface area contributed by atoms with E-state index in [2.05, 4.69) is 5.32 Å². The van der Waals surface area contributed by atoms with Gasteiger partial charge in [-0.25, -0.2) is 4.79 Å². The van der Waals surface area contributed by atoms with Gasteiger partial charge in [0.05, 0.1) is 6.10 Å². The Morgan fingerprint density at radius 1 is 1.40 bits per heavy atom. The van der Waals surface area contributed by atoms with Gasteiger partial charge >= 0.3 is 6.03 Å². The minimum Gasteiger partial charge on any atom is -0.491 e. The molecular formula is C16H22N2O2. The first kappa shape index (κ1) is 13.3. The molecule has 0 spiro atoms. The third-order valence-electron chi connectivity index (χ3n) is 4.13. The predicted octanol–water partition coefficient (Wildman–Crippen LogP) is 3.49. The van der Waals surface area contributed by atoms with Gasteiger partial charge < -0.3 is 15.0 Å². The Bertz CT molecular complexity index is 501. The van der Waals surface area contributed by atoms with E-state index in [0.717, 1.165) is 30.3 Å². The molecule has 1 aromatic carbocycles. The summed E-state index contributed by atoms with van der Waals surface area (Å²) < 4.78 is 5.65. The Kier molecular flexibility index (Phi) is 3.55. The number of carbonyl (C=O) groups excluding carboxylic acids is 1. The van der Waals surface area contributed by atoms with Gasteiger partial charge in [-0.3, -0.25) is 0 Å². The number of amides is 2. The van der Waals surface area contributed by atoms with Crippen molar-refractivity contribution in [3.05, 3.63) is 24.3 Å². The Morgan fingerprint density at radius 2 is 2.25 bits per heavy atom. The zero-order chi connectivity index (χ0) is 14.1. The number of hydrogen-bond acceptors (Lipinski definition) is 2. The molecule has 2 atom stereocenters. The van der Waals surface area contributed by atoms with Crippen LogP contribution in [0.1, 0.15) is 33.1 Å². The van der Waals surface area contributed by atoms with Gasteiger partial charge in [0.2, 0.25) is 0 Å². The van der Waals surface area contributed by atoms with Gasteiger partial charge in [-0.15, -0.1) is 0 Å². The van der Waals surface area contributed by atoms with Gasteiger partial charge in [0, 0.05) is 24.3 Å². The van der Waals surface area contributed by atoms with Gasteiger partial charge in [0.15, 0.2) is 0 Å². The highest BCUT2D eigenvalue weighted by atomic mass is 16.5. The molecule has 1 aliphatic carbocycles. The number of likely N-dealkylation sites (tertiary alicyclic amines) is 1. The number of hydrogen-bond donors (Lipinski definition) is 1. The van der Waals surface area contributed by atoms with Crippen molar-refractivity contribution in [2.45, 2.75) is 45.3 Å². The Hall–Kier alpha value is -1.71. The van der Waals surface area contributed by atoms with Crippen LogP contribution in [0.3, 0.4) is 0 Å². The number of rotatable bonds is 3. The maximum absolute atomic E-state index is 12.3. The maximum Gasteiger partial charge on any atom is 0.322 e. The molecule has 0 aromatic heterocycles. The van der Waals surface area contributed by atoms with Crippen molar-refractivity contribution in [2.24, 2.45) is 5.92 Å². The molecule has 1 saturated carbocycles. The number of ether oxygens (including phenoxy) is 1. The van der Waals surface area contributed by atoms with Crippen molar-refractivity contribution < 1.29 is 9.53 Å². The van der Waals surface area contributed by atoms with Crippen molar-refractivity contribution in [1.82, 2.24) is 4.90 Å². The molecule has 108 valence electrons. The summed E-state index contributed by atoms with van der Waals surface area (Å²) in [6.45, 7) is 4.90. The summed E-state index contributed by atoms with van der Waals surface area (Å²) in [6.07, 6.45) is 3.76. The highest BCUT2D eigenvalue weighted by Crippen LogP contribution is 2.37. The topological polar surface area (TPSA) is 41.6 Å². The van der Waals surface area contributed by atoms with E-state index < -0.39 is 0 Å². The summed E-state index contributed by atoms with van der Waals surface area (Å²) in [7, 11) is 0. The van der Waals surface area contributed by atoms with Crippen molar-refractivity contribution in [3.63, 3.8) is 0 Å². The molecule has 4 nitrogen and oxygen atoms in total. The molecule has 4 heteroatoms. The fourth-order valence-electron chi connectivity index (χ4n) is 3.29. The lowest BCUT2D eigenvalue weighted by Crippen LogP contribution is -2.40. The summed E-state index contributed by atoms with van der Waals surface area (Å²) in [5, 5.41) is 2.99. The third-order valence-corrected chi connectivity index (χ3v) is 4.13. The molecule has 1 heterocycles. The number of fused-ring (bicyclic) bond motifs is 2. The van der Waals surface area contributed by atoms with Gasteiger partial charge in [0.1, 0.15) is 5.75 Å². The molecule has 2 bridgehead atoms. The van der Waals surface area contributed by atoms with E-state index in [0.29, 0.717) is 6.04 Å². The van der Waals surface area contributed by atoms with Gasteiger partial charge in [-0.05, 0) is 51.2 Å². The van der Waals surface area contributed by atoms with Crippen LogP contribution in [0.2, 0.25) is 0 Å². The van der Waals surface area contributed by atoms with E-state index in [4.69, 9.17) is 4.74 Å². The molecule has 1 N–H and O–H groups in total. The summed E-state index contributed by atoms with van der Waals surface area (Å²) in [5.74, 6) is 1.52. The number of urea groups is 1. The Balaban J connectivity index is 1.64. The Labute approximate surface area is 120 Å². The van der Waals surface area contributed by atoms with Crippen molar-refractivity contribution in [1.29, 1.82) is 0 Å². The average Bonchev–Trinajstić information content (AvgIpc) is 3.00. The first-order valence-electron chi connectivity index (χ1n) is 7.46. The second-order valence-corrected chi connectivity index (χ2v) is 6.11. The molecule has 1 saturated heterocycles. The fraction of sp³-hybridized carbons (Fsp3) is 0.562. The summed E-state index contributed by atoms with van der Waals surface area (Å²) in [4.78, 5) is 14.3. The van der Waals surface area contributed by atoms with E-state index in [1.54, 1.807) is 0 Å². The highest BCUT2D eigenvalue weighted by molar-refractivity contribution is 5.90. The van der Waals surface area contributed by atoms with Crippen LogP contribution < -0.4 is 10.1 Å². The standard InChI is InChI=1S/C16H22N2O2/c1-11(2)20-15-5-3-4-13(9-15)17-16(19)18-10-12-6-7-14(18)8-12/h3-5,9,11-12,14H,6-8,10H2,1-2H3,(H,17,19)/t12-,14-/m0/s1. The van der Waals surface area contributed by atoms with Gasteiger partial charge in [-0.1, -0.05) is 6.07 Å². The molecule has 1 aliphatic heterocycles. The average molecular weight is 274 g/mol. The summed E-state index contributed by atoms with van der Waals surface area (Å²) >= 11 is 0. The molecule has 20 heavy (non-hydrogen) atoms. The smallest absolute Gasteiger partial charge is 0.322 e. The van der Waals surface area contributed by atoms with Gasteiger partial charge in [-0.2, -0.15) is 0 Å². The molecule has 2 amide bonds. The van der Waals surface area contributed by atoms with Crippen LogP contribution >= 0.6 is 0 Å². The van der Waals surface area contributed by atoms with Crippen molar-refractivity contribution in [2.75, 3.05) is 11.9 Å². The lowest BCUT2D eigenvalue weighted by Gasteiger charge is -2.27. The third kappa shape index (κ3) is 2.74. The van der Waals surface area contributed by atoms with Crippen LogP contribution in [0.15, 0.2) is 24.3 Å². The second-order valence-electron chi connectivity index (χ2n) is 6.11. The number of piperidine rings is 1. The van der Waals surface area contributed by atoms with E-state index in [9.17, 15) is 4.79 Å². The minimum absolute atomic E-state index is 0.0268. The van der Waals surface area contributed by atoms with Crippen molar-refractivity contribution in [3.8, 4) is 5.75 Å². The molecule has 1 aromatic rings. The number of nitrogens with one attached hydrogen (secondary N) is 1. The SMILES string of the molecule is CC(C)Oc1cccc(NC(=O)N2C[C@H]3CC[C@H]2C3)c1. The van der Waals surface area contributed by atoms with Crippen LogP contribution in [0.5, 0.6) is 5.75 Å². The second kappa shape index (κ2) is 5.35. The monoisotopic (exact) mass is 274 g/mol. The number of anilines is 1. The van der Waals surface area contributed by atoms with Crippen LogP contribution in [0.25, 0.3) is 0 Å². The fourth-order valence-corrected chi connectivity index (χ4v) is 3.29. The van der Waals surface area contributed by atoms with Crippen LogP contribution in [-0.4, -0.2) is 29.6 Å². The van der Waals surface area contributed by atoms with E-state index in [-0.39, 0.29) is 12.1 Å². The Morgan fingerprint density at radius 3 is 2.90 bits per heavy atom. The normalized spacial score (nSPS) is 24.2. The summed E-state index contributed by atoms with van der Waals surface area (Å²) in [6, 6.07) is 8.08. The molecule has 2 fully saturated rings. The van der Waals surface area contributed by atoms with Crippen molar-refractivity contribution >= 4 is 11.7 Å². The maximum atomic E-state index is 12.3. The lowest BCUT2D eigenvalue weighted by atomic mass is 10.1. The minimum atomic E-state index is 0.0268. The first-order chi connectivity index (χ1) is 9.61. The van der Waals surface area contributed by atoms with Crippen LogP contribution in [0, 0.1) is 5.92 Å². The van der Waals surface area contributed by atoms with Gasteiger partial charge in [0.25, 0.3) is 0 Å². The molecular weight excluding hydrogens is 252 g/mol. The van der Waals surface area contributed by atoms with E-state index in [1.165, 1.54) is 12.8 Å². The number of carbonyl (C=O) groups is 1. The van der Waals surface area contributed by atoms with Crippen LogP contribution in [0.4, 0.5) is 10.5 Å². The molecule has 2 aliphatic rings. The molecule has 3 rings (SSSR count). The molecule has 0 radical (unpaired) electrons. The van der Waals surface area contributed by atoms with E-state index in [1.807, 2.05) is 43.0 Å². The zero-order valence-corrected chi connectivity index (χ0v) is 12.1. The largest absolute Gasteiger partial charge is 0.491 e. The zero-order valence-electron chi connectivity index (χ0n) is 12.1. The van der Waals surface area contributed by atoms with Crippen LogP contribution in [-0.2, 0) is 0 Å². The summed E-state index contributed by atoms with van der Waals surface area (Å²) in [5.41, 5.74) is 0.802. The first-order valence-corrected chi connectivity index (χ1v) is 7.46. The number of benzene rings is 1. The highest BCUT2D eigenvalue weighted by Gasteiger charge is 2.40.